The van der Waals surface area contributed by atoms with Crippen molar-refractivity contribution in [2.24, 2.45) is 0 Å². The van der Waals surface area contributed by atoms with Crippen molar-refractivity contribution < 1.29 is 14.3 Å². The summed E-state index contributed by atoms with van der Waals surface area (Å²) >= 11 is 6.89. The summed E-state index contributed by atoms with van der Waals surface area (Å²) in [5.74, 6) is 0.692. The van der Waals surface area contributed by atoms with Gasteiger partial charge in [-0.15, -0.1) is 0 Å². The SMILES string of the molecule is COc1cc(-c2cc(Br)cc(C=O)c2)cc(-c2cc(Br)cc(C=O)c2)c1. The van der Waals surface area contributed by atoms with Gasteiger partial charge in [-0.2, -0.15) is 0 Å². The lowest BCUT2D eigenvalue weighted by atomic mass is 9.97. The van der Waals surface area contributed by atoms with Crippen molar-refractivity contribution in [3.63, 3.8) is 0 Å². The Morgan fingerprint density at radius 3 is 1.46 bits per heavy atom. The molecule has 0 amide bonds. The van der Waals surface area contributed by atoms with Crippen LogP contribution < -0.4 is 4.74 Å². The van der Waals surface area contributed by atoms with Crippen LogP contribution in [0, 0.1) is 0 Å². The summed E-state index contributed by atoms with van der Waals surface area (Å²) in [6.07, 6.45) is 1.64. The van der Waals surface area contributed by atoms with Gasteiger partial charge in [0.05, 0.1) is 7.11 Å². The van der Waals surface area contributed by atoms with Gasteiger partial charge in [-0.1, -0.05) is 31.9 Å². The molecule has 0 atom stereocenters. The summed E-state index contributed by atoms with van der Waals surface area (Å²) in [5, 5.41) is 0. The first-order valence-corrected chi connectivity index (χ1v) is 9.32. The van der Waals surface area contributed by atoms with Crippen molar-refractivity contribution in [3.8, 4) is 28.0 Å². The monoisotopic (exact) mass is 472 g/mol. The van der Waals surface area contributed by atoms with Crippen molar-refractivity contribution in [2.75, 3.05) is 7.11 Å². The van der Waals surface area contributed by atoms with E-state index in [0.29, 0.717) is 16.9 Å². The van der Waals surface area contributed by atoms with Crippen LogP contribution in [0.25, 0.3) is 22.3 Å². The lowest BCUT2D eigenvalue weighted by Crippen LogP contribution is -1.90. The Balaban J connectivity index is 2.19. The second-order valence-corrected chi connectivity index (χ2v) is 7.56. The minimum Gasteiger partial charge on any atom is -0.497 e. The number of hydrogen-bond acceptors (Lipinski definition) is 3. The molecule has 0 aromatic heterocycles. The Kier molecular flexibility index (Phi) is 5.69. The van der Waals surface area contributed by atoms with E-state index in [1.165, 1.54) is 0 Å². The van der Waals surface area contributed by atoms with Crippen LogP contribution >= 0.6 is 31.9 Å². The summed E-state index contributed by atoms with van der Waals surface area (Å²) in [6, 6.07) is 16.9. The maximum Gasteiger partial charge on any atom is 0.150 e. The summed E-state index contributed by atoms with van der Waals surface area (Å²) in [5.41, 5.74) is 4.79. The van der Waals surface area contributed by atoms with Crippen LogP contribution in [0.3, 0.4) is 0 Å². The predicted octanol–water partition coefficient (Wildman–Crippen LogP) is 6.18. The van der Waals surface area contributed by atoms with Crippen LogP contribution in [-0.4, -0.2) is 19.7 Å². The van der Waals surface area contributed by atoms with Crippen molar-refractivity contribution in [1.82, 2.24) is 0 Å². The number of carbonyl (C=O) groups excluding carboxylic acids is 2. The zero-order chi connectivity index (χ0) is 18.7. The molecule has 3 aromatic carbocycles. The minimum atomic E-state index is 0.587. The Morgan fingerprint density at radius 1 is 0.654 bits per heavy atom. The Labute approximate surface area is 168 Å². The van der Waals surface area contributed by atoms with Crippen LogP contribution in [0.4, 0.5) is 0 Å². The molecule has 0 saturated heterocycles. The Bertz CT molecular complexity index is 921. The quantitative estimate of drug-likeness (QED) is 0.415. The average Bonchev–Trinajstić information content (AvgIpc) is 2.66. The van der Waals surface area contributed by atoms with Gasteiger partial charge in [0, 0.05) is 20.1 Å². The van der Waals surface area contributed by atoms with Gasteiger partial charge in [-0.05, 0) is 76.9 Å². The van der Waals surface area contributed by atoms with Gasteiger partial charge in [0.2, 0.25) is 0 Å². The highest BCUT2D eigenvalue weighted by atomic mass is 79.9. The number of carbonyl (C=O) groups is 2. The second-order valence-electron chi connectivity index (χ2n) is 5.73. The second kappa shape index (κ2) is 7.98. The van der Waals surface area contributed by atoms with Gasteiger partial charge in [-0.25, -0.2) is 0 Å². The molecule has 5 heteroatoms. The van der Waals surface area contributed by atoms with E-state index in [2.05, 4.69) is 31.9 Å². The molecule has 0 aliphatic rings. The van der Waals surface area contributed by atoms with Crippen molar-refractivity contribution in [1.29, 1.82) is 0 Å². The molecule has 0 unspecified atom stereocenters. The lowest BCUT2D eigenvalue weighted by Gasteiger charge is -2.11. The molecule has 0 radical (unpaired) electrons. The third kappa shape index (κ3) is 4.11. The number of methoxy groups -OCH3 is 1. The maximum absolute atomic E-state index is 11.2. The molecule has 3 aromatic rings. The predicted molar refractivity (Wildman–Crippen MR) is 110 cm³/mol. The van der Waals surface area contributed by atoms with E-state index >= 15 is 0 Å². The molecule has 26 heavy (non-hydrogen) atoms. The third-order valence-electron chi connectivity index (χ3n) is 3.92. The molecule has 0 fully saturated rings. The molecular weight excluding hydrogens is 460 g/mol. The summed E-state index contributed by atoms with van der Waals surface area (Å²) in [6.45, 7) is 0. The molecular formula is C21H14Br2O3. The van der Waals surface area contributed by atoms with E-state index in [0.717, 1.165) is 43.8 Å². The molecule has 0 N–H and O–H groups in total. The molecule has 130 valence electrons. The normalized spacial score (nSPS) is 10.4. The van der Waals surface area contributed by atoms with Crippen molar-refractivity contribution in [2.45, 2.75) is 0 Å². The molecule has 3 rings (SSSR count). The van der Waals surface area contributed by atoms with Gasteiger partial charge in [-0.3, -0.25) is 9.59 Å². The summed E-state index contributed by atoms with van der Waals surface area (Å²) in [4.78, 5) is 22.4. The highest BCUT2D eigenvalue weighted by molar-refractivity contribution is 9.10. The van der Waals surface area contributed by atoms with E-state index in [9.17, 15) is 9.59 Å². The fourth-order valence-corrected chi connectivity index (χ4v) is 3.77. The molecule has 0 aliphatic heterocycles. The molecule has 0 saturated carbocycles. The number of halogens is 2. The van der Waals surface area contributed by atoms with Crippen LogP contribution in [0.15, 0.2) is 63.5 Å². The van der Waals surface area contributed by atoms with E-state index in [-0.39, 0.29) is 0 Å². The van der Waals surface area contributed by atoms with Crippen LogP contribution in [-0.2, 0) is 0 Å². The zero-order valence-electron chi connectivity index (χ0n) is 13.8. The topological polar surface area (TPSA) is 43.4 Å². The number of ether oxygens (including phenoxy) is 1. The first-order chi connectivity index (χ1) is 12.5. The lowest BCUT2D eigenvalue weighted by molar-refractivity contribution is 0.111. The van der Waals surface area contributed by atoms with Gasteiger partial charge in [0.15, 0.2) is 0 Å². The first kappa shape index (κ1) is 18.5. The van der Waals surface area contributed by atoms with E-state index in [1.54, 1.807) is 19.2 Å². The molecule has 0 heterocycles. The minimum absolute atomic E-state index is 0.587. The van der Waals surface area contributed by atoms with Gasteiger partial charge >= 0.3 is 0 Å². The number of rotatable bonds is 5. The average molecular weight is 474 g/mol. The maximum atomic E-state index is 11.2. The largest absolute Gasteiger partial charge is 0.497 e. The third-order valence-corrected chi connectivity index (χ3v) is 4.84. The Hall–Kier alpha value is -2.24. The van der Waals surface area contributed by atoms with Gasteiger partial charge < -0.3 is 4.74 Å². The molecule has 0 aliphatic carbocycles. The smallest absolute Gasteiger partial charge is 0.150 e. The highest BCUT2D eigenvalue weighted by Gasteiger charge is 2.09. The van der Waals surface area contributed by atoms with Gasteiger partial charge in [0.1, 0.15) is 18.3 Å². The number of benzene rings is 3. The van der Waals surface area contributed by atoms with Crippen LogP contribution in [0.1, 0.15) is 20.7 Å². The Morgan fingerprint density at radius 2 is 1.08 bits per heavy atom. The van der Waals surface area contributed by atoms with Crippen LogP contribution in [0.5, 0.6) is 5.75 Å². The van der Waals surface area contributed by atoms with Crippen molar-refractivity contribution in [3.05, 3.63) is 74.7 Å². The molecule has 3 nitrogen and oxygen atoms in total. The van der Waals surface area contributed by atoms with E-state index in [4.69, 9.17) is 4.74 Å². The highest BCUT2D eigenvalue weighted by Crippen LogP contribution is 2.34. The van der Waals surface area contributed by atoms with E-state index < -0.39 is 0 Å². The summed E-state index contributed by atoms with van der Waals surface area (Å²) in [7, 11) is 1.61. The zero-order valence-corrected chi connectivity index (χ0v) is 17.0. The fourth-order valence-electron chi connectivity index (χ4n) is 2.74. The van der Waals surface area contributed by atoms with Crippen molar-refractivity contribution >= 4 is 44.4 Å². The van der Waals surface area contributed by atoms with E-state index in [1.807, 2.05) is 42.5 Å². The molecule has 0 bridgehead atoms. The van der Waals surface area contributed by atoms with Gasteiger partial charge in [0.25, 0.3) is 0 Å². The molecule has 0 spiro atoms. The van der Waals surface area contributed by atoms with Crippen LogP contribution in [0.2, 0.25) is 0 Å². The standard InChI is InChI=1S/C21H14Br2O3/c1-26-21-9-17(15-2-13(11-24)4-19(22)7-15)6-18(10-21)16-3-14(12-25)5-20(23)8-16/h2-12H,1H3. The number of aldehydes is 2. The summed E-state index contributed by atoms with van der Waals surface area (Å²) < 4.78 is 7.10. The fraction of sp³-hybridized carbons (Fsp3) is 0.0476. The number of hydrogen-bond donors (Lipinski definition) is 0. The first-order valence-electron chi connectivity index (χ1n) is 7.74.